The number of nitro groups is 1. The Bertz CT molecular complexity index is 642. The summed E-state index contributed by atoms with van der Waals surface area (Å²) in [7, 11) is 0. The highest BCUT2D eigenvalue weighted by molar-refractivity contribution is 7.16. The standard InChI is InChI=1S/C13H16N4O2S/c1-8-9(3-2-6-14-8)16-10-4-5-11-12(15-7-20-11)13(10)17(18)19/h4-5,7-9,14,16H,2-3,6H2,1H3. The molecule has 3 rings (SSSR count). The number of aromatic nitrogens is 1. The van der Waals surface area contributed by atoms with E-state index in [-0.39, 0.29) is 16.7 Å². The average Bonchev–Trinajstić information content (AvgIpc) is 2.88. The second-order valence-electron chi connectivity index (χ2n) is 5.05. The van der Waals surface area contributed by atoms with E-state index >= 15 is 0 Å². The molecule has 1 aromatic heterocycles. The topological polar surface area (TPSA) is 80.1 Å². The fraction of sp³-hybridized carbons (Fsp3) is 0.462. The van der Waals surface area contributed by atoms with Crippen LogP contribution in [-0.4, -0.2) is 28.5 Å². The molecule has 1 aromatic carbocycles. The van der Waals surface area contributed by atoms with Crippen molar-refractivity contribution in [2.45, 2.75) is 31.8 Å². The largest absolute Gasteiger partial charge is 0.375 e. The predicted octanol–water partition coefficient (Wildman–Crippen LogP) is 2.76. The summed E-state index contributed by atoms with van der Waals surface area (Å²) in [6.45, 7) is 3.11. The first kappa shape index (κ1) is 13.3. The van der Waals surface area contributed by atoms with Gasteiger partial charge in [0.25, 0.3) is 0 Å². The molecule has 0 aliphatic carbocycles. The predicted molar refractivity (Wildman–Crippen MR) is 80.4 cm³/mol. The van der Waals surface area contributed by atoms with E-state index in [0.29, 0.717) is 17.2 Å². The normalized spacial score (nSPS) is 22.9. The molecular formula is C13H16N4O2S. The number of nitrogens with zero attached hydrogens (tertiary/aromatic N) is 2. The first-order valence-electron chi connectivity index (χ1n) is 6.67. The number of piperidine rings is 1. The monoisotopic (exact) mass is 292 g/mol. The van der Waals surface area contributed by atoms with Crippen LogP contribution in [0.2, 0.25) is 0 Å². The van der Waals surface area contributed by atoms with Crippen molar-refractivity contribution >= 4 is 32.9 Å². The maximum atomic E-state index is 11.4. The minimum absolute atomic E-state index is 0.0847. The Morgan fingerprint density at radius 3 is 3.15 bits per heavy atom. The van der Waals surface area contributed by atoms with Crippen molar-refractivity contribution in [3.8, 4) is 0 Å². The first-order chi connectivity index (χ1) is 9.66. The molecule has 2 atom stereocenters. The van der Waals surface area contributed by atoms with Gasteiger partial charge in [-0.3, -0.25) is 10.1 Å². The van der Waals surface area contributed by atoms with Crippen LogP contribution in [0.1, 0.15) is 19.8 Å². The van der Waals surface area contributed by atoms with Gasteiger partial charge in [-0.05, 0) is 38.4 Å². The number of fused-ring (bicyclic) bond motifs is 1. The van der Waals surface area contributed by atoms with Gasteiger partial charge in [-0.1, -0.05) is 0 Å². The number of benzene rings is 1. The molecule has 2 aromatic rings. The Balaban J connectivity index is 1.97. The fourth-order valence-corrected chi connectivity index (χ4v) is 3.34. The van der Waals surface area contributed by atoms with Crippen LogP contribution in [-0.2, 0) is 0 Å². The maximum Gasteiger partial charge on any atom is 0.319 e. The van der Waals surface area contributed by atoms with Gasteiger partial charge in [0.15, 0.2) is 5.52 Å². The van der Waals surface area contributed by atoms with Crippen LogP contribution in [0.3, 0.4) is 0 Å². The van der Waals surface area contributed by atoms with Crippen LogP contribution in [0, 0.1) is 10.1 Å². The molecule has 2 heterocycles. The van der Waals surface area contributed by atoms with Crippen molar-refractivity contribution in [1.29, 1.82) is 0 Å². The van der Waals surface area contributed by atoms with E-state index in [4.69, 9.17) is 0 Å². The van der Waals surface area contributed by atoms with E-state index in [2.05, 4.69) is 22.5 Å². The van der Waals surface area contributed by atoms with Gasteiger partial charge in [-0.25, -0.2) is 4.98 Å². The Morgan fingerprint density at radius 1 is 1.55 bits per heavy atom. The molecule has 0 saturated carbocycles. The van der Waals surface area contributed by atoms with Gasteiger partial charge in [0.1, 0.15) is 5.69 Å². The zero-order valence-corrected chi connectivity index (χ0v) is 11.9. The lowest BCUT2D eigenvalue weighted by molar-refractivity contribution is -0.382. The average molecular weight is 292 g/mol. The second kappa shape index (κ2) is 5.34. The molecule has 0 radical (unpaired) electrons. The summed E-state index contributed by atoms with van der Waals surface area (Å²) in [5.74, 6) is 0. The third-order valence-electron chi connectivity index (χ3n) is 3.76. The van der Waals surface area contributed by atoms with Crippen LogP contribution >= 0.6 is 11.3 Å². The Hall–Kier alpha value is -1.73. The quantitative estimate of drug-likeness (QED) is 0.671. The van der Waals surface area contributed by atoms with Crippen molar-refractivity contribution in [1.82, 2.24) is 10.3 Å². The zero-order valence-electron chi connectivity index (χ0n) is 11.1. The van der Waals surface area contributed by atoms with Crippen LogP contribution in [0.4, 0.5) is 11.4 Å². The van der Waals surface area contributed by atoms with Crippen LogP contribution in [0.5, 0.6) is 0 Å². The Kier molecular flexibility index (Phi) is 3.54. The van der Waals surface area contributed by atoms with E-state index < -0.39 is 0 Å². The number of nitro benzene ring substituents is 1. The van der Waals surface area contributed by atoms with Gasteiger partial charge in [-0.15, -0.1) is 11.3 Å². The third kappa shape index (κ3) is 2.34. The Morgan fingerprint density at radius 2 is 2.40 bits per heavy atom. The van der Waals surface area contributed by atoms with Crippen LogP contribution in [0.25, 0.3) is 10.2 Å². The molecule has 1 saturated heterocycles. The number of nitrogens with one attached hydrogen (secondary N) is 2. The maximum absolute atomic E-state index is 11.4. The molecule has 0 amide bonds. The lowest BCUT2D eigenvalue weighted by Crippen LogP contribution is -2.46. The summed E-state index contributed by atoms with van der Waals surface area (Å²) >= 11 is 1.42. The van der Waals surface area contributed by atoms with E-state index in [9.17, 15) is 10.1 Å². The van der Waals surface area contributed by atoms with Gasteiger partial charge < -0.3 is 10.6 Å². The highest BCUT2D eigenvalue weighted by atomic mass is 32.1. The zero-order chi connectivity index (χ0) is 14.1. The molecule has 20 heavy (non-hydrogen) atoms. The lowest BCUT2D eigenvalue weighted by Gasteiger charge is -2.31. The van der Waals surface area contributed by atoms with Crippen molar-refractivity contribution in [2.24, 2.45) is 0 Å². The van der Waals surface area contributed by atoms with Gasteiger partial charge in [0.05, 0.1) is 15.1 Å². The minimum atomic E-state index is -0.342. The lowest BCUT2D eigenvalue weighted by atomic mass is 9.99. The fourth-order valence-electron chi connectivity index (χ4n) is 2.66. The van der Waals surface area contributed by atoms with Gasteiger partial charge >= 0.3 is 5.69 Å². The molecule has 7 heteroatoms. The first-order valence-corrected chi connectivity index (χ1v) is 7.55. The number of anilines is 1. The van der Waals surface area contributed by atoms with E-state index in [1.54, 1.807) is 11.6 Å². The van der Waals surface area contributed by atoms with Crippen molar-refractivity contribution < 1.29 is 4.92 Å². The van der Waals surface area contributed by atoms with E-state index in [1.165, 1.54) is 11.3 Å². The van der Waals surface area contributed by atoms with Gasteiger partial charge in [-0.2, -0.15) is 0 Å². The molecule has 1 fully saturated rings. The molecule has 2 unspecified atom stereocenters. The summed E-state index contributed by atoms with van der Waals surface area (Å²) in [4.78, 5) is 15.2. The van der Waals surface area contributed by atoms with Crippen LogP contribution in [0.15, 0.2) is 17.6 Å². The highest BCUT2D eigenvalue weighted by Crippen LogP contribution is 2.35. The number of hydrogen-bond donors (Lipinski definition) is 2. The SMILES string of the molecule is CC1NCCCC1Nc1ccc2scnc2c1[N+](=O)[O-]. The summed E-state index contributed by atoms with van der Waals surface area (Å²) in [5.41, 5.74) is 2.77. The number of rotatable bonds is 3. The summed E-state index contributed by atoms with van der Waals surface area (Å²) in [6, 6.07) is 4.19. The number of hydrogen-bond acceptors (Lipinski definition) is 6. The number of thiazole rings is 1. The molecule has 1 aliphatic heterocycles. The smallest absolute Gasteiger partial charge is 0.319 e. The van der Waals surface area contributed by atoms with Gasteiger partial charge in [0.2, 0.25) is 0 Å². The Labute approximate surface area is 120 Å². The van der Waals surface area contributed by atoms with E-state index in [1.807, 2.05) is 6.07 Å². The van der Waals surface area contributed by atoms with Crippen LogP contribution < -0.4 is 10.6 Å². The summed E-state index contributed by atoms with van der Waals surface area (Å²) in [5, 5.41) is 18.1. The molecule has 1 aliphatic rings. The van der Waals surface area contributed by atoms with Crippen molar-refractivity contribution in [3.63, 3.8) is 0 Å². The minimum Gasteiger partial charge on any atom is -0.375 e. The second-order valence-corrected chi connectivity index (χ2v) is 5.94. The molecule has 0 spiro atoms. The van der Waals surface area contributed by atoms with Gasteiger partial charge in [0, 0.05) is 12.1 Å². The molecule has 6 nitrogen and oxygen atoms in total. The molecule has 0 bridgehead atoms. The summed E-state index contributed by atoms with van der Waals surface area (Å²) < 4.78 is 0.845. The highest BCUT2D eigenvalue weighted by Gasteiger charge is 2.26. The van der Waals surface area contributed by atoms with E-state index in [0.717, 1.165) is 24.1 Å². The molecular weight excluding hydrogens is 276 g/mol. The summed E-state index contributed by atoms with van der Waals surface area (Å²) in [6.07, 6.45) is 2.09. The third-order valence-corrected chi connectivity index (χ3v) is 4.56. The molecule has 106 valence electrons. The van der Waals surface area contributed by atoms with Crippen molar-refractivity contribution in [2.75, 3.05) is 11.9 Å². The molecule has 2 N–H and O–H groups in total. The van der Waals surface area contributed by atoms with Crippen molar-refractivity contribution in [3.05, 3.63) is 27.8 Å².